The highest BCUT2D eigenvalue weighted by molar-refractivity contribution is 5.85. The maximum absolute atomic E-state index is 12.5. The number of fused-ring (bicyclic) bond motifs is 3. The summed E-state index contributed by atoms with van der Waals surface area (Å²) in [5.41, 5.74) is 10.1. The van der Waals surface area contributed by atoms with Crippen LogP contribution in [0.4, 0.5) is 4.79 Å². The Morgan fingerprint density at radius 2 is 1.65 bits per heavy atom. The normalized spacial score (nSPS) is 12.7. The van der Waals surface area contributed by atoms with Crippen molar-refractivity contribution >= 4 is 24.5 Å². The Bertz CT molecular complexity index is 857. The highest BCUT2D eigenvalue weighted by Crippen LogP contribution is 2.44. The summed E-state index contributed by atoms with van der Waals surface area (Å²) in [6.07, 6.45) is 2.76. The van der Waals surface area contributed by atoms with Crippen molar-refractivity contribution in [1.82, 2.24) is 5.32 Å². The number of amides is 1. The zero-order valence-corrected chi connectivity index (χ0v) is 18.2. The second kappa shape index (κ2) is 12.1. The van der Waals surface area contributed by atoms with Gasteiger partial charge in [0.05, 0.1) is 0 Å². The van der Waals surface area contributed by atoms with Gasteiger partial charge in [-0.2, -0.15) is 0 Å². The molecule has 0 saturated carbocycles. The van der Waals surface area contributed by atoms with Gasteiger partial charge in [0, 0.05) is 5.92 Å². The Morgan fingerprint density at radius 1 is 1.03 bits per heavy atom. The predicted octanol–water partition coefficient (Wildman–Crippen LogP) is 4.17. The number of esters is 1. The van der Waals surface area contributed by atoms with Gasteiger partial charge < -0.3 is 20.5 Å². The standard InChI is InChI=1S/C24H28N2O4.ClH/c1-2-15-29-23(27)22(13-7-8-14-25)26-24(28)30-16-21-19-11-5-3-9-17(19)18-10-4-6-12-20(18)21;/h2-6,9-12,21-22H,1,7-8,13-16,25H2,(H,26,28);1H. The molecular weight excluding hydrogens is 416 g/mol. The molecule has 1 aliphatic carbocycles. The molecule has 7 heteroatoms. The molecular formula is C24H29ClN2O4. The summed E-state index contributed by atoms with van der Waals surface area (Å²) in [6, 6.07) is 15.5. The first-order chi connectivity index (χ1) is 14.7. The van der Waals surface area contributed by atoms with E-state index in [1.165, 1.54) is 6.08 Å². The van der Waals surface area contributed by atoms with Gasteiger partial charge in [-0.25, -0.2) is 9.59 Å². The number of hydrogen-bond acceptors (Lipinski definition) is 5. The van der Waals surface area contributed by atoms with Gasteiger partial charge in [0.15, 0.2) is 0 Å². The molecule has 3 rings (SSSR count). The molecule has 1 unspecified atom stereocenters. The number of carbonyl (C=O) groups excluding carboxylic acids is 2. The van der Waals surface area contributed by atoms with Gasteiger partial charge in [0.25, 0.3) is 0 Å². The van der Waals surface area contributed by atoms with Crippen LogP contribution in [-0.2, 0) is 14.3 Å². The van der Waals surface area contributed by atoms with Crippen molar-refractivity contribution in [2.75, 3.05) is 19.8 Å². The number of ether oxygens (including phenoxy) is 2. The summed E-state index contributed by atoms with van der Waals surface area (Å²) < 4.78 is 10.6. The monoisotopic (exact) mass is 444 g/mol. The van der Waals surface area contributed by atoms with E-state index >= 15 is 0 Å². The number of carbonyl (C=O) groups is 2. The van der Waals surface area contributed by atoms with Crippen molar-refractivity contribution in [1.29, 1.82) is 0 Å². The zero-order valence-electron chi connectivity index (χ0n) is 17.4. The van der Waals surface area contributed by atoms with Crippen LogP contribution < -0.4 is 11.1 Å². The van der Waals surface area contributed by atoms with Crippen LogP contribution in [-0.4, -0.2) is 37.9 Å². The smallest absolute Gasteiger partial charge is 0.407 e. The Morgan fingerprint density at radius 3 is 2.23 bits per heavy atom. The Kier molecular flexibility index (Phi) is 9.56. The topological polar surface area (TPSA) is 90.6 Å². The van der Waals surface area contributed by atoms with Crippen molar-refractivity contribution in [2.24, 2.45) is 5.73 Å². The number of nitrogens with two attached hydrogens (primary N) is 1. The van der Waals surface area contributed by atoms with Gasteiger partial charge in [-0.15, -0.1) is 12.4 Å². The third-order valence-electron chi connectivity index (χ3n) is 5.21. The number of hydrogen-bond donors (Lipinski definition) is 2. The zero-order chi connectivity index (χ0) is 21.3. The maximum atomic E-state index is 12.5. The number of nitrogens with one attached hydrogen (secondary N) is 1. The number of unbranched alkanes of at least 4 members (excludes halogenated alkanes) is 1. The minimum Gasteiger partial charge on any atom is -0.460 e. The fourth-order valence-corrected chi connectivity index (χ4v) is 3.77. The SMILES string of the molecule is C=CCOC(=O)C(CCCCN)NC(=O)OCC1c2ccccc2-c2ccccc21.Cl. The summed E-state index contributed by atoms with van der Waals surface area (Å²) in [6.45, 7) is 4.35. The number of benzene rings is 2. The lowest BCUT2D eigenvalue weighted by molar-refractivity contribution is -0.145. The van der Waals surface area contributed by atoms with E-state index < -0.39 is 18.1 Å². The average Bonchev–Trinajstić information content (AvgIpc) is 3.09. The fraction of sp³-hybridized carbons (Fsp3) is 0.333. The second-order valence-corrected chi connectivity index (χ2v) is 7.23. The van der Waals surface area contributed by atoms with E-state index in [4.69, 9.17) is 15.2 Å². The van der Waals surface area contributed by atoms with Crippen LogP contribution >= 0.6 is 12.4 Å². The summed E-state index contributed by atoms with van der Waals surface area (Å²) in [5.74, 6) is -0.535. The molecule has 1 aliphatic rings. The van der Waals surface area contributed by atoms with Crippen molar-refractivity contribution in [3.05, 3.63) is 72.3 Å². The molecule has 1 amide bonds. The number of rotatable bonds is 10. The molecule has 0 saturated heterocycles. The molecule has 0 aliphatic heterocycles. The van der Waals surface area contributed by atoms with Gasteiger partial charge in [-0.3, -0.25) is 0 Å². The van der Waals surface area contributed by atoms with Crippen molar-refractivity contribution in [2.45, 2.75) is 31.2 Å². The predicted molar refractivity (Wildman–Crippen MR) is 123 cm³/mol. The number of alkyl carbamates (subject to hydrolysis) is 1. The van der Waals surface area contributed by atoms with E-state index in [-0.39, 0.29) is 31.5 Å². The van der Waals surface area contributed by atoms with Crippen LogP contribution in [0.3, 0.4) is 0 Å². The van der Waals surface area contributed by atoms with Crippen LogP contribution in [0.1, 0.15) is 36.3 Å². The molecule has 0 fully saturated rings. The maximum Gasteiger partial charge on any atom is 0.407 e. The average molecular weight is 445 g/mol. The third kappa shape index (κ3) is 6.09. The van der Waals surface area contributed by atoms with E-state index in [1.54, 1.807) is 0 Å². The largest absolute Gasteiger partial charge is 0.460 e. The second-order valence-electron chi connectivity index (χ2n) is 7.23. The van der Waals surface area contributed by atoms with Crippen LogP contribution in [0, 0.1) is 0 Å². The summed E-state index contributed by atoms with van der Waals surface area (Å²) in [5, 5.41) is 2.65. The highest BCUT2D eigenvalue weighted by Gasteiger charge is 2.29. The molecule has 0 spiro atoms. The minimum atomic E-state index is -0.771. The molecule has 2 aromatic carbocycles. The number of halogens is 1. The van der Waals surface area contributed by atoms with Crippen LogP contribution in [0.25, 0.3) is 11.1 Å². The van der Waals surface area contributed by atoms with Gasteiger partial charge in [-0.05, 0) is 48.1 Å². The summed E-state index contributed by atoms with van der Waals surface area (Å²) in [7, 11) is 0. The van der Waals surface area contributed by atoms with Crippen molar-refractivity contribution in [3.8, 4) is 11.1 Å². The molecule has 0 heterocycles. The lowest BCUT2D eigenvalue weighted by Gasteiger charge is -2.19. The van der Waals surface area contributed by atoms with Gasteiger partial charge in [0.1, 0.15) is 19.3 Å². The van der Waals surface area contributed by atoms with E-state index in [0.717, 1.165) is 28.7 Å². The quantitative estimate of drug-likeness (QED) is 0.326. The minimum absolute atomic E-state index is 0. The van der Waals surface area contributed by atoms with Crippen LogP contribution in [0.2, 0.25) is 0 Å². The molecule has 0 bridgehead atoms. The van der Waals surface area contributed by atoms with E-state index in [2.05, 4.69) is 36.2 Å². The van der Waals surface area contributed by atoms with Gasteiger partial charge in [-0.1, -0.05) is 61.2 Å². The van der Waals surface area contributed by atoms with E-state index in [1.807, 2.05) is 24.3 Å². The molecule has 0 aromatic heterocycles. The van der Waals surface area contributed by atoms with E-state index in [9.17, 15) is 9.59 Å². The van der Waals surface area contributed by atoms with Crippen molar-refractivity contribution < 1.29 is 19.1 Å². The highest BCUT2D eigenvalue weighted by atomic mass is 35.5. The summed E-state index contributed by atoms with van der Waals surface area (Å²) in [4.78, 5) is 24.7. The molecule has 0 radical (unpaired) electrons. The summed E-state index contributed by atoms with van der Waals surface area (Å²) >= 11 is 0. The van der Waals surface area contributed by atoms with Crippen molar-refractivity contribution in [3.63, 3.8) is 0 Å². The molecule has 2 aromatic rings. The Labute approximate surface area is 189 Å². The molecule has 166 valence electrons. The molecule has 6 nitrogen and oxygen atoms in total. The molecule has 31 heavy (non-hydrogen) atoms. The van der Waals surface area contributed by atoms with Gasteiger partial charge in [0.2, 0.25) is 0 Å². The fourth-order valence-electron chi connectivity index (χ4n) is 3.77. The lowest BCUT2D eigenvalue weighted by Crippen LogP contribution is -2.42. The van der Waals surface area contributed by atoms with Crippen LogP contribution in [0.15, 0.2) is 61.2 Å². The van der Waals surface area contributed by atoms with E-state index in [0.29, 0.717) is 19.4 Å². The van der Waals surface area contributed by atoms with Crippen LogP contribution in [0.5, 0.6) is 0 Å². The third-order valence-corrected chi connectivity index (χ3v) is 5.21. The molecule has 3 N–H and O–H groups in total. The first kappa shape index (κ1) is 24.4. The Hall–Kier alpha value is -2.83. The first-order valence-electron chi connectivity index (χ1n) is 10.2. The lowest BCUT2D eigenvalue weighted by atomic mass is 9.98. The van der Waals surface area contributed by atoms with Gasteiger partial charge >= 0.3 is 12.1 Å². The Balaban J connectivity index is 0.00000341. The molecule has 1 atom stereocenters. The first-order valence-corrected chi connectivity index (χ1v) is 10.2.